The van der Waals surface area contributed by atoms with E-state index in [0.717, 1.165) is 0 Å². The molecule has 1 aromatic carbocycles. The lowest BCUT2D eigenvalue weighted by Crippen LogP contribution is -2.53. The van der Waals surface area contributed by atoms with Crippen LogP contribution in [0.2, 0.25) is 0 Å². The molecule has 2 rings (SSSR count). The smallest absolute Gasteiger partial charge is 0.255 e. The SMILES string of the molecule is CCOCCNC(=O)[C@@H]1CC(=O)N[C@@H](CCC(N)=O)C(=O)N(C)CCOc2ccccc2C(=O)N1. The lowest BCUT2D eigenvalue weighted by Gasteiger charge is -2.26. The Kier molecular flexibility index (Phi) is 10.9. The zero-order valence-electron chi connectivity index (χ0n) is 20.0. The molecule has 5 N–H and O–H groups in total. The van der Waals surface area contributed by atoms with Gasteiger partial charge in [-0.1, -0.05) is 12.1 Å². The van der Waals surface area contributed by atoms with E-state index in [1.165, 1.54) is 18.0 Å². The minimum Gasteiger partial charge on any atom is -0.491 e. The topological polar surface area (TPSA) is 169 Å². The van der Waals surface area contributed by atoms with Gasteiger partial charge in [0.25, 0.3) is 5.91 Å². The van der Waals surface area contributed by atoms with Crippen molar-refractivity contribution >= 4 is 29.5 Å². The number of nitrogens with one attached hydrogen (secondary N) is 3. The van der Waals surface area contributed by atoms with Crippen molar-refractivity contribution in [2.75, 3.05) is 40.0 Å². The van der Waals surface area contributed by atoms with Crippen LogP contribution in [-0.4, -0.2) is 86.5 Å². The number of likely N-dealkylation sites (N-methyl/N-ethyl adjacent to an activating group) is 1. The highest BCUT2D eigenvalue weighted by Gasteiger charge is 2.29. The van der Waals surface area contributed by atoms with Gasteiger partial charge in [0.2, 0.25) is 23.6 Å². The van der Waals surface area contributed by atoms with Crippen molar-refractivity contribution in [2.24, 2.45) is 5.73 Å². The van der Waals surface area contributed by atoms with Gasteiger partial charge in [0.05, 0.1) is 25.1 Å². The highest BCUT2D eigenvalue weighted by atomic mass is 16.5. The highest BCUT2D eigenvalue weighted by Crippen LogP contribution is 2.18. The van der Waals surface area contributed by atoms with Gasteiger partial charge in [-0.2, -0.15) is 0 Å². The highest BCUT2D eigenvalue weighted by molar-refractivity contribution is 6.01. The summed E-state index contributed by atoms with van der Waals surface area (Å²) in [6.07, 6.45) is -0.558. The van der Waals surface area contributed by atoms with Crippen LogP contribution in [0.3, 0.4) is 0 Å². The minimum atomic E-state index is -1.23. The van der Waals surface area contributed by atoms with Gasteiger partial charge in [-0.15, -0.1) is 0 Å². The Morgan fingerprint density at radius 3 is 2.69 bits per heavy atom. The summed E-state index contributed by atoms with van der Waals surface area (Å²) in [6, 6.07) is 4.21. The molecule has 0 spiro atoms. The number of para-hydroxylation sites is 1. The van der Waals surface area contributed by atoms with Crippen LogP contribution in [0.5, 0.6) is 5.75 Å². The summed E-state index contributed by atoms with van der Waals surface area (Å²) >= 11 is 0. The average molecular weight is 492 g/mol. The number of nitrogens with zero attached hydrogens (tertiary/aromatic N) is 1. The molecular weight excluding hydrogens is 458 g/mol. The van der Waals surface area contributed by atoms with Gasteiger partial charge in [-0.3, -0.25) is 24.0 Å². The Morgan fingerprint density at radius 2 is 1.97 bits per heavy atom. The number of carbonyl (C=O) groups is 5. The number of hydrogen-bond donors (Lipinski definition) is 4. The molecule has 0 saturated heterocycles. The van der Waals surface area contributed by atoms with Crippen molar-refractivity contribution in [3.05, 3.63) is 29.8 Å². The second kappa shape index (κ2) is 13.9. The second-order valence-corrected chi connectivity index (χ2v) is 7.95. The first-order valence-electron chi connectivity index (χ1n) is 11.4. The molecule has 192 valence electrons. The predicted octanol–water partition coefficient (Wildman–Crippen LogP) is -1.07. The van der Waals surface area contributed by atoms with Crippen molar-refractivity contribution in [1.29, 1.82) is 0 Å². The first-order chi connectivity index (χ1) is 16.7. The van der Waals surface area contributed by atoms with E-state index in [1.54, 1.807) is 18.2 Å². The lowest BCUT2D eigenvalue weighted by atomic mass is 10.1. The fourth-order valence-electron chi connectivity index (χ4n) is 3.39. The Bertz CT molecular complexity index is 923. The molecule has 1 aromatic rings. The first kappa shape index (κ1) is 27.6. The number of nitrogens with two attached hydrogens (primary N) is 1. The van der Waals surface area contributed by atoms with E-state index in [4.69, 9.17) is 15.2 Å². The van der Waals surface area contributed by atoms with E-state index in [-0.39, 0.29) is 50.5 Å². The van der Waals surface area contributed by atoms with Crippen LogP contribution in [0.4, 0.5) is 0 Å². The molecule has 0 radical (unpaired) electrons. The maximum Gasteiger partial charge on any atom is 0.255 e. The molecule has 12 nitrogen and oxygen atoms in total. The molecule has 0 fully saturated rings. The van der Waals surface area contributed by atoms with Crippen LogP contribution < -0.4 is 26.4 Å². The maximum atomic E-state index is 13.0. The molecule has 1 aliphatic heterocycles. The van der Waals surface area contributed by atoms with Crippen LogP contribution in [0.15, 0.2) is 24.3 Å². The van der Waals surface area contributed by atoms with E-state index in [2.05, 4.69) is 16.0 Å². The third kappa shape index (κ3) is 8.89. The van der Waals surface area contributed by atoms with Crippen LogP contribution in [-0.2, 0) is 23.9 Å². The Hall–Kier alpha value is -3.67. The first-order valence-corrected chi connectivity index (χ1v) is 11.4. The number of carbonyl (C=O) groups excluding carboxylic acids is 5. The van der Waals surface area contributed by atoms with Gasteiger partial charge >= 0.3 is 0 Å². The Morgan fingerprint density at radius 1 is 1.23 bits per heavy atom. The summed E-state index contributed by atoms with van der Waals surface area (Å²) in [5, 5.41) is 7.78. The molecule has 5 amide bonds. The van der Waals surface area contributed by atoms with Gasteiger partial charge < -0.3 is 36.1 Å². The van der Waals surface area contributed by atoms with Crippen molar-refractivity contribution in [2.45, 2.75) is 38.3 Å². The largest absolute Gasteiger partial charge is 0.491 e. The van der Waals surface area contributed by atoms with Crippen LogP contribution in [0.25, 0.3) is 0 Å². The fraction of sp³-hybridized carbons (Fsp3) is 0.522. The molecule has 0 aliphatic carbocycles. The molecule has 1 aliphatic rings. The summed E-state index contributed by atoms with van der Waals surface area (Å²) in [5.41, 5.74) is 5.40. The summed E-state index contributed by atoms with van der Waals surface area (Å²) in [5.74, 6) is -2.61. The van der Waals surface area contributed by atoms with E-state index in [1.807, 2.05) is 6.92 Å². The Balaban J connectivity index is 2.30. The van der Waals surface area contributed by atoms with Gasteiger partial charge in [-0.25, -0.2) is 0 Å². The summed E-state index contributed by atoms with van der Waals surface area (Å²) in [7, 11) is 1.54. The third-order valence-corrected chi connectivity index (χ3v) is 5.27. The molecule has 0 aromatic heterocycles. The fourth-order valence-corrected chi connectivity index (χ4v) is 3.39. The minimum absolute atomic E-state index is 0.00842. The number of rotatable bonds is 8. The van der Waals surface area contributed by atoms with Crippen LogP contribution in [0, 0.1) is 0 Å². The molecule has 35 heavy (non-hydrogen) atoms. The number of ether oxygens (including phenoxy) is 2. The molecular formula is C23H33N5O7. The van der Waals surface area contributed by atoms with Crippen molar-refractivity contribution in [3.8, 4) is 5.75 Å². The van der Waals surface area contributed by atoms with Crippen molar-refractivity contribution in [3.63, 3.8) is 0 Å². The van der Waals surface area contributed by atoms with E-state index in [9.17, 15) is 24.0 Å². The summed E-state index contributed by atoms with van der Waals surface area (Å²) in [6.45, 7) is 2.99. The molecule has 2 atom stereocenters. The maximum absolute atomic E-state index is 13.0. The van der Waals surface area contributed by atoms with E-state index >= 15 is 0 Å². The Labute approximate surface area is 203 Å². The second-order valence-electron chi connectivity index (χ2n) is 7.95. The molecule has 12 heteroatoms. The van der Waals surface area contributed by atoms with Gasteiger partial charge in [-0.05, 0) is 25.5 Å². The normalized spacial score (nSPS) is 19.5. The summed E-state index contributed by atoms with van der Waals surface area (Å²) in [4.78, 5) is 64.2. The summed E-state index contributed by atoms with van der Waals surface area (Å²) < 4.78 is 10.9. The van der Waals surface area contributed by atoms with Crippen LogP contribution >= 0.6 is 0 Å². The standard InChI is InChI=1S/C23H33N5O7/c1-3-34-12-10-25-22(32)17-14-20(30)26-16(8-9-19(24)29)23(33)28(2)11-13-35-18-7-5-4-6-15(18)21(31)27-17/h4-7,16-17H,3,8-14H2,1-2H3,(H2,24,29)(H,25,32)(H,26,30)(H,27,31)/t16-,17-/m0/s1. The number of primary amides is 1. The molecule has 0 saturated carbocycles. The number of benzene rings is 1. The monoisotopic (exact) mass is 491 g/mol. The number of amides is 5. The quantitative estimate of drug-likeness (QED) is 0.336. The van der Waals surface area contributed by atoms with Gasteiger partial charge in [0, 0.05) is 26.6 Å². The molecule has 0 bridgehead atoms. The predicted molar refractivity (Wildman–Crippen MR) is 125 cm³/mol. The van der Waals surface area contributed by atoms with Gasteiger partial charge in [0.1, 0.15) is 24.4 Å². The van der Waals surface area contributed by atoms with E-state index < -0.39 is 48.0 Å². The molecule has 1 heterocycles. The lowest BCUT2D eigenvalue weighted by molar-refractivity contribution is -0.136. The zero-order valence-corrected chi connectivity index (χ0v) is 20.0. The molecule has 0 unspecified atom stereocenters. The zero-order chi connectivity index (χ0) is 25.8. The van der Waals surface area contributed by atoms with E-state index in [0.29, 0.717) is 6.61 Å². The van der Waals surface area contributed by atoms with Crippen LogP contribution in [0.1, 0.15) is 36.5 Å². The van der Waals surface area contributed by atoms with Crippen molar-refractivity contribution in [1.82, 2.24) is 20.9 Å². The van der Waals surface area contributed by atoms with Gasteiger partial charge in [0.15, 0.2) is 0 Å². The number of hydrogen-bond acceptors (Lipinski definition) is 7. The number of fused-ring (bicyclic) bond motifs is 1. The average Bonchev–Trinajstić information content (AvgIpc) is 2.82. The third-order valence-electron chi connectivity index (χ3n) is 5.27. The van der Waals surface area contributed by atoms with Crippen molar-refractivity contribution < 1.29 is 33.4 Å².